The highest BCUT2D eigenvalue weighted by atomic mass is 33.1. The van der Waals surface area contributed by atoms with Crippen molar-refractivity contribution < 1.29 is 19.1 Å². The van der Waals surface area contributed by atoms with Crippen LogP contribution in [0.5, 0.6) is 0 Å². The van der Waals surface area contributed by atoms with Crippen LogP contribution in [0.4, 0.5) is 21.0 Å². The highest BCUT2D eigenvalue weighted by Gasteiger charge is 2.09. The minimum atomic E-state index is -0.689. The molecule has 0 heterocycles. The van der Waals surface area contributed by atoms with Crippen molar-refractivity contribution in [3.05, 3.63) is 24.3 Å². The molecule has 10 nitrogen and oxygen atoms in total. The van der Waals surface area contributed by atoms with Gasteiger partial charge in [-0.15, -0.1) is 0 Å². The van der Waals surface area contributed by atoms with Gasteiger partial charge in [0.05, 0.1) is 25.6 Å². The van der Waals surface area contributed by atoms with Crippen LogP contribution in [-0.2, 0) is 9.47 Å². The van der Waals surface area contributed by atoms with Crippen LogP contribution in [0.2, 0.25) is 0 Å². The summed E-state index contributed by atoms with van der Waals surface area (Å²) in [6.45, 7) is 0. The first kappa shape index (κ1) is 32.0. The Kier molecular flexibility index (Phi) is 16.4. The average molecular weight is 583 g/mol. The number of ether oxygens (including phenoxy) is 2. The first-order valence-corrected chi connectivity index (χ1v) is 12.9. The number of anilines is 2. The third-order valence-electron chi connectivity index (χ3n) is 3.14. The number of amides is 2. The van der Waals surface area contributed by atoms with Crippen LogP contribution < -0.4 is 21.3 Å². The van der Waals surface area contributed by atoms with Gasteiger partial charge in [0.15, 0.2) is 10.2 Å². The van der Waals surface area contributed by atoms with Gasteiger partial charge in [-0.25, -0.2) is 9.59 Å². The van der Waals surface area contributed by atoms with Gasteiger partial charge in [-0.3, -0.25) is 10.6 Å². The zero-order chi connectivity index (χ0) is 26.3. The van der Waals surface area contributed by atoms with Gasteiger partial charge >= 0.3 is 12.2 Å². The third-order valence-corrected chi connectivity index (χ3v) is 7.71. The van der Waals surface area contributed by atoms with E-state index < -0.39 is 12.2 Å². The van der Waals surface area contributed by atoms with Gasteiger partial charge in [-0.1, -0.05) is 36.6 Å². The Morgan fingerprint density at radius 1 is 0.735 bits per heavy atom. The molecule has 16 heteroatoms. The molecule has 0 saturated carbocycles. The van der Waals surface area contributed by atoms with E-state index in [1.807, 2.05) is 38.0 Å². The molecule has 0 saturated heterocycles. The molecule has 1 aromatic rings. The topological polar surface area (TPSA) is 107 Å². The molecule has 34 heavy (non-hydrogen) atoms. The summed E-state index contributed by atoms with van der Waals surface area (Å²) in [5.41, 5.74) is 1.08. The van der Waals surface area contributed by atoms with Crippen molar-refractivity contribution in [1.29, 1.82) is 0 Å². The largest absolute Gasteiger partial charge is 0.453 e. The lowest BCUT2D eigenvalue weighted by atomic mass is 10.2. The minimum Gasteiger partial charge on any atom is -0.453 e. The second kappa shape index (κ2) is 17.5. The third kappa shape index (κ3) is 14.3. The minimum absolute atomic E-state index is 0.0490. The summed E-state index contributed by atoms with van der Waals surface area (Å²) < 4.78 is 10.5. The van der Waals surface area contributed by atoms with E-state index >= 15 is 0 Å². The van der Waals surface area contributed by atoms with Gasteiger partial charge in [0.1, 0.15) is 8.64 Å². The molecule has 188 valence electrons. The number of benzene rings is 1. The van der Waals surface area contributed by atoms with Crippen molar-refractivity contribution in [2.24, 2.45) is 0 Å². The molecule has 0 aromatic heterocycles. The maximum atomic E-state index is 11.1. The molecule has 0 radical (unpaired) electrons. The van der Waals surface area contributed by atoms with Crippen LogP contribution in [0, 0.1) is 0 Å². The second-order valence-corrected chi connectivity index (χ2v) is 10.4. The smallest absolute Gasteiger partial charge is 0.413 e. The van der Waals surface area contributed by atoms with Crippen molar-refractivity contribution in [2.45, 2.75) is 0 Å². The molecule has 1 aromatic carbocycles. The number of alkyl carbamates (subject to hydrolysis) is 2. The van der Waals surface area contributed by atoms with Crippen LogP contribution in [0.25, 0.3) is 0 Å². The lowest BCUT2D eigenvalue weighted by Crippen LogP contribution is -2.35. The number of rotatable bonds is 2. The molecule has 4 N–H and O–H groups in total. The van der Waals surface area contributed by atoms with E-state index in [2.05, 4.69) is 30.7 Å². The molecule has 0 spiro atoms. The van der Waals surface area contributed by atoms with Crippen molar-refractivity contribution in [3.8, 4) is 0 Å². The fraction of sp³-hybridized carbons (Fsp3) is 0.333. The number of nitrogens with one attached hydrogen (secondary N) is 4. The zero-order valence-corrected chi connectivity index (χ0v) is 24.2. The highest BCUT2D eigenvalue weighted by Crippen LogP contribution is 2.26. The maximum Gasteiger partial charge on any atom is 0.413 e. The normalized spacial score (nSPS) is 9.24. The van der Waals surface area contributed by atoms with E-state index in [-0.39, 0.29) is 10.2 Å². The molecule has 0 fully saturated rings. The summed E-state index contributed by atoms with van der Waals surface area (Å²) in [7, 11) is 13.2. The average Bonchev–Trinajstić information content (AvgIpc) is 2.78. The van der Waals surface area contributed by atoms with Crippen molar-refractivity contribution in [3.63, 3.8) is 0 Å². The summed E-state index contributed by atoms with van der Waals surface area (Å²) >= 11 is 20.1. The number of thiocarbonyl (C=S) groups is 4. The van der Waals surface area contributed by atoms with E-state index in [0.29, 0.717) is 11.4 Å². The Bertz CT molecular complexity index is 828. The van der Waals surface area contributed by atoms with Gasteiger partial charge in [-0.2, -0.15) is 0 Å². The van der Waals surface area contributed by atoms with Crippen molar-refractivity contribution in [1.82, 2.24) is 20.4 Å². The standard InChI is InChI=1S/C12H14N4O4S2.C6H12N2S4/c1-19-11(17)15-9(21)13-7-5-3-4-6-8(7)14-10(22)16-12(18)20-2;1-7(2)5(9)11-12-6(10)8(3)4/h3-6H,1-2H3,(H2,13,15,17,21)(H2,14,16,18,22);1-4H3. The Balaban J connectivity index is 0.000000770. The molecule has 0 unspecified atom stereocenters. The lowest BCUT2D eigenvalue weighted by Gasteiger charge is -2.15. The van der Waals surface area contributed by atoms with Crippen LogP contribution >= 0.6 is 70.5 Å². The summed E-state index contributed by atoms with van der Waals surface area (Å²) in [5.74, 6) is 0. The fourth-order valence-corrected chi connectivity index (χ4v) is 4.28. The SMILES string of the molecule is CN(C)C(=S)SSC(=S)N(C)C.COC(=O)NC(=S)Nc1ccccc1NC(=S)NC(=O)OC. The van der Waals surface area contributed by atoms with Crippen LogP contribution in [0.15, 0.2) is 24.3 Å². The van der Waals surface area contributed by atoms with Gasteiger partial charge in [0.25, 0.3) is 0 Å². The summed E-state index contributed by atoms with van der Waals surface area (Å²) in [6.07, 6.45) is -1.38. The van der Waals surface area contributed by atoms with E-state index in [9.17, 15) is 9.59 Å². The molecule has 0 aliphatic carbocycles. The first-order chi connectivity index (χ1) is 15.9. The Labute approximate surface area is 228 Å². The number of methoxy groups -OCH3 is 2. The number of carbonyl (C=O) groups excluding carboxylic acids is 2. The Hall–Kier alpha value is -1.98. The quantitative estimate of drug-likeness (QED) is 0.299. The number of hydrogen-bond donors (Lipinski definition) is 4. The van der Waals surface area contributed by atoms with E-state index in [4.69, 9.17) is 48.9 Å². The first-order valence-electron chi connectivity index (χ1n) is 9.09. The second-order valence-electron chi connectivity index (χ2n) is 6.17. The van der Waals surface area contributed by atoms with Crippen molar-refractivity contribution >= 4 is 113 Å². The molecule has 0 bridgehead atoms. The molecule has 0 aliphatic heterocycles. The lowest BCUT2D eigenvalue weighted by molar-refractivity contribution is 0.176. The van der Waals surface area contributed by atoms with Crippen LogP contribution in [-0.4, -0.2) is 83.3 Å². The Morgan fingerprint density at radius 3 is 1.32 bits per heavy atom. The van der Waals surface area contributed by atoms with E-state index in [0.717, 1.165) is 8.64 Å². The zero-order valence-electron chi connectivity index (χ0n) is 19.3. The molecule has 0 atom stereocenters. The van der Waals surface area contributed by atoms with E-state index in [1.165, 1.54) is 35.8 Å². The molecule has 1 rings (SSSR count). The molecule has 0 aliphatic rings. The summed E-state index contributed by atoms with van der Waals surface area (Å²) in [5, 5.41) is 10.3. The maximum absolute atomic E-state index is 11.1. The number of para-hydroxylation sites is 2. The fourth-order valence-electron chi connectivity index (χ4n) is 1.52. The summed E-state index contributed by atoms with van der Waals surface area (Å²) in [4.78, 5) is 25.9. The van der Waals surface area contributed by atoms with Crippen LogP contribution in [0.1, 0.15) is 0 Å². The molecule has 2 amide bonds. The number of hydrogen-bond acceptors (Lipinski definition) is 10. The Morgan fingerprint density at radius 2 is 1.06 bits per heavy atom. The molecular weight excluding hydrogens is 557 g/mol. The van der Waals surface area contributed by atoms with Crippen LogP contribution in [0.3, 0.4) is 0 Å². The number of carbonyl (C=O) groups is 2. The molecular formula is C18H26N6O4S6. The van der Waals surface area contributed by atoms with E-state index in [1.54, 1.807) is 24.3 Å². The predicted octanol–water partition coefficient (Wildman–Crippen LogP) is 3.85. The summed E-state index contributed by atoms with van der Waals surface area (Å²) in [6, 6.07) is 6.92. The van der Waals surface area contributed by atoms with Gasteiger partial charge in [-0.05, 0) is 58.2 Å². The number of nitrogens with zero attached hydrogens (tertiary/aromatic N) is 2. The predicted molar refractivity (Wildman–Crippen MR) is 158 cm³/mol. The van der Waals surface area contributed by atoms with Gasteiger partial charge < -0.3 is 29.9 Å². The van der Waals surface area contributed by atoms with Gasteiger partial charge in [0.2, 0.25) is 0 Å². The highest BCUT2D eigenvalue weighted by molar-refractivity contribution is 8.89. The monoisotopic (exact) mass is 582 g/mol. The van der Waals surface area contributed by atoms with Gasteiger partial charge in [0, 0.05) is 28.2 Å². The van der Waals surface area contributed by atoms with Crippen molar-refractivity contribution in [2.75, 3.05) is 53.0 Å².